The predicted molar refractivity (Wildman–Crippen MR) is 148 cm³/mol. The van der Waals surface area contributed by atoms with Crippen LogP contribution in [-0.4, -0.2) is 17.4 Å². The Labute approximate surface area is 227 Å². The molecule has 1 aliphatic heterocycles. The average molecular weight is 576 g/mol. The van der Waals surface area contributed by atoms with Gasteiger partial charge in [-0.25, -0.2) is 4.39 Å². The molecule has 0 fully saturated rings. The van der Waals surface area contributed by atoms with Crippen molar-refractivity contribution in [3.63, 3.8) is 0 Å². The average Bonchev–Trinajstić information content (AvgIpc) is 2.88. The summed E-state index contributed by atoms with van der Waals surface area (Å²) >= 11 is 4.55. The third-order valence-corrected chi connectivity index (χ3v) is 7.53. The van der Waals surface area contributed by atoms with Crippen LogP contribution < -0.4 is 10.6 Å². The number of amides is 1. The fourth-order valence-corrected chi connectivity index (χ4v) is 5.36. The van der Waals surface area contributed by atoms with E-state index in [1.165, 1.54) is 23.9 Å². The number of carbonyl (C=O) groups is 2. The second-order valence-corrected chi connectivity index (χ2v) is 10.4. The van der Waals surface area contributed by atoms with E-state index in [2.05, 4.69) is 32.6 Å². The highest BCUT2D eigenvalue weighted by molar-refractivity contribution is 9.10. The molecule has 0 saturated carbocycles. The van der Waals surface area contributed by atoms with Gasteiger partial charge < -0.3 is 10.6 Å². The Balaban J connectivity index is 1.69. The quantitative estimate of drug-likeness (QED) is 0.301. The lowest BCUT2D eigenvalue weighted by molar-refractivity contribution is -0.113. The molecule has 3 aromatic carbocycles. The molecule has 0 saturated heterocycles. The van der Waals surface area contributed by atoms with E-state index in [0.717, 1.165) is 10.0 Å². The van der Waals surface area contributed by atoms with E-state index in [1.54, 1.807) is 49.4 Å². The number of allylic oxidation sites excluding steroid dienone is 2. The highest BCUT2D eigenvalue weighted by Gasteiger charge is 2.35. The van der Waals surface area contributed by atoms with E-state index < -0.39 is 17.6 Å². The van der Waals surface area contributed by atoms with Gasteiger partial charge in [-0.1, -0.05) is 70.2 Å². The number of nitriles is 1. The number of halogens is 2. The highest BCUT2D eigenvalue weighted by atomic mass is 79.9. The van der Waals surface area contributed by atoms with Crippen LogP contribution in [0.5, 0.6) is 0 Å². The summed E-state index contributed by atoms with van der Waals surface area (Å²) < 4.78 is 15.1. The molecular formula is C29H23BrFN3O2S. The third-order valence-electron chi connectivity index (χ3n) is 5.98. The van der Waals surface area contributed by atoms with Gasteiger partial charge in [-0.15, -0.1) is 0 Å². The largest absolute Gasteiger partial charge is 0.353 e. The first-order valence-corrected chi connectivity index (χ1v) is 13.2. The lowest BCUT2D eigenvalue weighted by atomic mass is 9.82. The van der Waals surface area contributed by atoms with Gasteiger partial charge in [0.2, 0.25) is 0 Å². The smallest absolute Gasteiger partial charge is 0.254 e. The van der Waals surface area contributed by atoms with Gasteiger partial charge in [-0.3, -0.25) is 9.59 Å². The third kappa shape index (κ3) is 6.01. The minimum absolute atomic E-state index is 0.0863. The molecule has 0 unspecified atom stereocenters. The molecule has 1 amide bonds. The van der Waals surface area contributed by atoms with Crippen molar-refractivity contribution in [1.29, 1.82) is 5.26 Å². The van der Waals surface area contributed by atoms with Crippen molar-refractivity contribution in [3.05, 3.63) is 122 Å². The molecule has 0 aliphatic carbocycles. The van der Waals surface area contributed by atoms with E-state index in [1.807, 2.05) is 25.1 Å². The molecule has 1 atom stereocenters. The van der Waals surface area contributed by atoms with Gasteiger partial charge in [-0.05, 0) is 55.3 Å². The van der Waals surface area contributed by atoms with Gasteiger partial charge in [0, 0.05) is 27.0 Å². The van der Waals surface area contributed by atoms with Gasteiger partial charge in [0.15, 0.2) is 5.78 Å². The number of dihydropyridines is 1. The van der Waals surface area contributed by atoms with Crippen LogP contribution in [0.15, 0.2) is 99.1 Å². The molecule has 8 heteroatoms. The van der Waals surface area contributed by atoms with Crippen LogP contribution in [0, 0.1) is 24.1 Å². The van der Waals surface area contributed by atoms with Crippen LogP contribution in [-0.2, 0) is 4.79 Å². The van der Waals surface area contributed by atoms with Crippen molar-refractivity contribution >= 4 is 45.1 Å². The van der Waals surface area contributed by atoms with Gasteiger partial charge in [0.1, 0.15) is 5.82 Å². The molecular weight excluding hydrogens is 553 g/mol. The maximum atomic E-state index is 14.3. The van der Waals surface area contributed by atoms with E-state index in [-0.39, 0.29) is 17.1 Å². The minimum Gasteiger partial charge on any atom is -0.353 e. The zero-order valence-electron chi connectivity index (χ0n) is 20.1. The van der Waals surface area contributed by atoms with Crippen LogP contribution in [0.3, 0.4) is 0 Å². The molecule has 0 radical (unpaired) electrons. The normalized spacial score (nSPS) is 15.2. The Morgan fingerprint density at radius 3 is 2.49 bits per heavy atom. The number of hydrogen-bond donors (Lipinski definition) is 2. The molecule has 37 heavy (non-hydrogen) atoms. The molecule has 0 bridgehead atoms. The van der Waals surface area contributed by atoms with Crippen molar-refractivity contribution in [2.75, 3.05) is 11.1 Å². The first kappa shape index (κ1) is 26.4. The van der Waals surface area contributed by atoms with Crippen LogP contribution in [0.4, 0.5) is 10.1 Å². The van der Waals surface area contributed by atoms with Crippen LogP contribution in [0.2, 0.25) is 0 Å². The first-order valence-electron chi connectivity index (χ1n) is 11.4. The Morgan fingerprint density at radius 2 is 1.81 bits per heavy atom. The number of nitrogens with zero attached hydrogens (tertiary/aromatic N) is 1. The number of rotatable bonds is 7. The molecule has 1 aliphatic rings. The number of thioether (sulfide) groups is 1. The number of carbonyl (C=O) groups excluding carboxylic acids is 2. The van der Waals surface area contributed by atoms with Crippen LogP contribution in [0.1, 0.15) is 34.3 Å². The summed E-state index contributed by atoms with van der Waals surface area (Å²) in [7, 11) is 0. The van der Waals surface area contributed by atoms with Crippen LogP contribution >= 0.6 is 27.7 Å². The number of benzene rings is 3. The minimum atomic E-state index is -0.809. The van der Waals surface area contributed by atoms with Crippen molar-refractivity contribution in [1.82, 2.24) is 5.32 Å². The highest BCUT2D eigenvalue weighted by Crippen LogP contribution is 2.41. The lowest BCUT2D eigenvalue weighted by Gasteiger charge is -2.30. The topological polar surface area (TPSA) is 82.0 Å². The fourth-order valence-electron chi connectivity index (χ4n) is 4.11. The Bertz CT molecular complexity index is 1470. The second-order valence-electron chi connectivity index (χ2n) is 8.49. The molecule has 0 aromatic heterocycles. The van der Waals surface area contributed by atoms with Crippen LogP contribution in [0.25, 0.3) is 0 Å². The summed E-state index contributed by atoms with van der Waals surface area (Å²) in [5.41, 5.74) is 3.65. The van der Waals surface area contributed by atoms with E-state index in [4.69, 9.17) is 0 Å². The predicted octanol–water partition coefficient (Wildman–Crippen LogP) is 6.85. The number of hydrogen-bond acceptors (Lipinski definition) is 5. The molecule has 2 N–H and O–H groups in total. The number of ketones is 1. The summed E-state index contributed by atoms with van der Waals surface area (Å²) in [6, 6.07) is 22.5. The van der Waals surface area contributed by atoms with Gasteiger partial charge >= 0.3 is 0 Å². The second kappa shape index (κ2) is 11.6. The zero-order valence-corrected chi connectivity index (χ0v) is 22.5. The van der Waals surface area contributed by atoms with E-state index in [9.17, 15) is 19.2 Å². The maximum absolute atomic E-state index is 14.3. The first-order chi connectivity index (χ1) is 17.8. The number of nitrogens with one attached hydrogen (secondary N) is 2. The number of aryl methyl sites for hydroxylation is 1. The lowest BCUT2D eigenvalue weighted by Crippen LogP contribution is -2.31. The van der Waals surface area contributed by atoms with Gasteiger partial charge in [0.25, 0.3) is 5.91 Å². The molecule has 186 valence electrons. The standard InChI is InChI=1S/C29H23BrFN3O2S/c1-17-6-3-4-9-24(17)34-28(36)26-18(2)33-29(37-16-25(35)19-10-12-21(30)13-11-19)23(15-32)27(26)20-7-5-8-22(31)14-20/h3-14,27,33H,16H2,1-2H3,(H,34,36)/t27-/m1/s1. The fraction of sp³-hybridized carbons (Fsp3) is 0.138. The number of para-hydroxylation sites is 1. The maximum Gasteiger partial charge on any atom is 0.254 e. The molecule has 5 nitrogen and oxygen atoms in total. The molecule has 0 spiro atoms. The SMILES string of the molecule is CC1=C(C(=O)Nc2ccccc2C)[C@H](c2cccc(F)c2)C(C#N)=C(SCC(=O)c2ccc(Br)cc2)N1. The van der Waals surface area contributed by atoms with Crippen molar-refractivity contribution in [2.24, 2.45) is 0 Å². The molecule has 4 rings (SSSR count). The van der Waals surface area contributed by atoms with E-state index >= 15 is 0 Å². The summed E-state index contributed by atoms with van der Waals surface area (Å²) in [6.07, 6.45) is 0. The van der Waals surface area contributed by atoms with Crippen molar-refractivity contribution < 1.29 is 14.0 Å². The number of Topliss-reactive ketones (excluding diaryl/α,β-unsaturated/α-hetero) is 1. The van der Waals surface area contributed by atoms with Crippen molar-refractivity contribution in [3.8, 4) is 6.07 Å². The van der Waals surface area contributed by atoms with Gasteiger partial charge in [0.05, 0.1) is 28.3 Å². The summed E-state index contributed by atoms with van der Waals surface area (Å²) in [5.74, 6) is -1.68. The monoisotopic (exact) mass is 575 g/mol. The Morgan fingerprint density at radius 1 is 1.08 bits per heavy atom. The summed E-state index contributed by atoms with van der Waals surface area (Å²) in [4.78, 5) is 26.3. The summed E-state index contributed by atoms with van der Waals surface area (Å²) in [6.45, 7) is 3.63. The zero-order chi connectivity index (χ0) is 26.5. The summed E-state index contributed by atoms with van der Waals surface area (Å²) in [5, 5.41) is 16.8. The Hall–Kier alpha value is -3.67. The van der Waals surface area contributed by atoms with Gasteiger partial charge in [-0.2, -0.15) is 5.26 Å². The molecule has 1 heterocycles. The van der Waals surface area contributed by atoms with E-state index in [0.29, 0.717) is 33.1 Å². The number of anilines is 1. The Kier molecular flexibility index (Phi) is 8.27. The van der Waals surface area contributed by atoms with Crippen molar-refractivity contribution in [2.45, 2.75) is 19.8 Å². The molecule has 3 aromatic rings.